The quantitative estimate of drug-likeness (QED) is 0.101. The average molecular weight is 935 g/mol. The molecule has 0 spiro atoms. The number of aromatic nitrogens is 4. The first-order valence-electron chi connectivity index (χ1n) is 23.9. The third-order valence-corrected chi connectivity index (χ3v) is 18.4. The predicted molar refractivity (Wildman–Crippen MR) is 294 cm³/mol. The van der Waals surface area contributed by atoms with Crippen LogP contribution < -0.4 is 20.7 Å². The summed E-state index contributed by atoms with van der Waals surface area (Å²) in [6.45, 7) is 0. The fraction of sp³-hybridized carbons (Fsp3) is 0. The van der Waals surface area contributed by atoms with Gasteiger partial charge < -0.3 is 4.57 Å². The van der Waals surface area contributed by atoms with E-state index in [9.17, 15) is 10.5 Å². The van der Waals surface area contributed by atoms with Gasteiger partial charge >= 0.3 is 0 Å². The van der Waals surface area contributed by atoms with Crippen molar-refractivity contribution in [3.8, 4) is 74.2 Å². The summed E-state index contributed by atoms with van der Waals surface area (Å²) in [6, 6.07) is 93.6. The maximum Gasteiger partial charge on any atom is 0.179 e. The van der Waals surface area contributed by atoms with E-state index in [1.807, 2.05) is 72.8 Å². The van der Waals surface area contributed by atoms with Gasteiger partial charge in [0.15, 0.2) is 25.5 Å². The van der Waals surface area contributed by atoms with E-state index in [4.69, 9.17) is 15.0 Å². The number of hydrogen-bond acceptors (Lipinski definition) is 5. The number of rotatable bonds is 10. The number of fused-ring (bicyclic) bond motifs is 3. The summed E-state index contributed by atoms with van der Waals surface area (Å²) < 4.78 is 2.32. The SMILES string of the molecule is N#Cc1cc(C#N)cc(-c2ccc3c4ccccc4n(-c4ccc(-c5nc(-c6ccccc6)nc(-c6ccccc6)n5)c(-c5cccc([Si](c6ccccc6)(c6ccccc6)c6ccccc6)c5)c4)c3c2)c1. The molecule has 0 saturated carbocycles. The molecular weight excluding hydrogens is 893 g/mol. The molecule has 0 aliphatic carbocycles. The highest BCUT2D eigenvalue weighted by Gasteiger charge is 2.41. The minimum atomic E-state index is -2.95. The van der Waals surface area contributed by atoms with Crippen LogP contribution in [0.15, 0.2) is 255 Å². The summed E-state index contributed by atoms with van der Waals surface area (Å²) in [5, 5.41) is 27.1. The van der Waals surface area contributed by atoms with Crippen LogP contribution in [-0.2, 0) is 0 Å². The molecule has 6 nitrogen and oxygen atoms in total. The molecule has 0 bridgehead atoms. The van der Waals surface area contributed by atoms with Crippen molar-refractivity contribution in [2.24, 2.45) is 0 Å². The van der Waals surface area contributed by atoms with Crippen LogP contribution in [0.2, 0.25) is 0 Å². The molecule has 0 fully saturated rings. The van der Waals surface area contributed by atoms with E-state index in [2.05, 4.69) is 193 Å². The summed E-state index contributed by atoms with van der Waals surface area (Å²) in [6.07, 6.45) is 0. The van der Waals surface area contributed by atoms with Crippen LogP contribution in [0.25, 0.3) is 83.9 Å². The Kier molecular flexibility index (Phi) is 11.2. The highest BCUT2D eigenvalue weighted by molar-refractivity contribution is 7.19. The van der Waals surface area contributed by atoms with Crippen molar-refractivity contribution >= 4 is 50.6 Å². The molecule has 7 heteroatoms. The van der Waals surface area contributed by atoms with Crippen LogP contribution in [0.3, 0.4) is 0 Å². The zero-order valence-electron chi connectivity index (χ0n) is 38.9. The Morgan fingerprint density at radius 2 is 0.806 bits per heavy atom. The van der Waals surface area contributed by atoms with Crippen molar-refractivity contribution in [1.29, 1.82) is 10.5 Å². The Bertz CT molecular complexity index is 3860. The first-order chi connectivity index (χ1) is 35.6. The average Bonchev–Trinajstić information content (AvgIpc) is 3.80. The number of nitriles is 2. The van der Waals surface area contributed by atoms with E-state index in [0.717, 1.165) is 66.4 Å². The molecule has 2 aromatic heterocycles. The zero-order chi connectivity index (χ0) is 48.4. The van der Waals surface area contributed by atoms with Gasteiger partial charge in [0, 0.05) is 33.2 Å². The molecule has 0 saturated heterocycles. The summed E-state index contributed by atoms with van der Waals surface area (Å²) in [5.41, 5.74) is 10.2. The Labute approximate surface area is 418 Å². The minimum absolute atomic E-state index is 0.440. The molecule has 0 radical (unpaired) electrons. The molecular formula is C65H42N6Si. The van der Waals surface area contributed by atoms with E-state index in [0.29, 0.717) is 28.6 Å². The molecule has 12 rings (SSSR count). The highest BCUT2D eigenvalue weighted by atomic mass is 28.3. The lowest BCUT2D eigenvalue weighted by Crippen LogP contribution is -2.74. The Morgan fingerprint density at radius 3 is 1.38 bits per heavy atom. The molecule has 12 aromatic rings. The molecule has 0 unspecified atom stereocenters. The Morgan fingerprint density at radius 1 is 0.319 bits per heavy atom. The van der Waals surface area contributed by atoms with Crippen LogP contribution in [-0.4, -0.2) is 27.6 Å². The Balaban J connectivity index is 1.15. The smallest absolute Gasteiger partial charge is 0.179 e. The van der Waals surface area contributed by atoms with Crippen molar-refractivity contribution in [3.05, 3.63) is 266 Å². The van der Waals surface area contributed by atoms with E-state index >= 15 is 0 Å². The second-order valence-electron chi connectivity index (χ2n) is 17.8. The molecule has 0 N–H and O–H groups in total. The highest BCUT2D eigenvalue weighted by Crippen LogP contribution is 2.39. The van der Waals surface area contributed by atoms with E-state index in [1.165, 1.54) is 20.7 Å². The number of hydrogen-bond donors (Lipinski definition) is 0. The normalized spacial score (nSPS) is 11.3. The van der Waals surface area contributed by atoms with Crippen molar-refractivity contribution in [2.45, 2.75) is 0 Å². The molecule has 0 aliphatic heterocycles. The van der Waals surface area contributed by atoms with Gasteiger partial charge in [-0.05, 0) is 91.5 Å². The predicted octanol–water partition coefficient (Wildman–Crippen LogP) is 12.4. The van der Waals surface area contributed by atoms with Crippen molar-refractivity contribution in [2.75, 3.05) is 0 Å². The Hall–Kier alpha value is -9.79. The maximum atomic E-state index is 9.92. The van der Waals surface area contributed by atoms with Gasteiger partial charge in [-0.2, -0.15) is 10.5 Å². The first-order valence-corrected chi connectivity index (χ1v) is 25.9. The van der Waals surface area contributed by atoms with Gasteiger partial charge in [0.05, 0.1) is 34.3 Å². The van der Waals surface area contributed by atoms with Gasteiger partial charge in [-0.15, -0.1) is 0 Å². The van der Waals surface area contributed by atoms with Gasteiger partial charge in [-0.25, -0.2) is 15.0 Å². The monoisotopic (exact) mass is 934 g/mol. The molecule has 72 heavy (non-hydrogen) atoms. The van der Waals surface area contributed by atoms with Gasteiger partial charge in [-0.3, -0.25) is 0 Å². The molecule has 10 aromatic carbocycles. The second kappa shape index (κ2) is 18.6. The molecule has 2 heterocycles. The third-order valence-electron chi connectivity index (χ3n) is 13.6. The van der Waals surface area contributed by atoms with E-state index < -0.39 is 8.07 Å². The van der Waals surface area contributed by atoms with Crippen LogP contribution in [0.4, 0.5) is 0 Å². The standard InChI is InChI=1S/C65H42N6Si/c66-43-45-37-46(44-67)39-51(38-45)49-33-35-58-57-31-16-17-32-61(57)71(62(58)41-49)52-34-36-59(65-69-63(47-19-6-1-7-20-47)68-64(70-65)48-21-8-2-9-22-48)60(42-52)50-23-18-30-56(40-50)72(53-24-10-3-11-25-53,54-26-12-4-13-27-54)55-28-14-5-15-29-55/h1-42H. The number of nitrogens with zero attached hydrogens (tertiary/aromatic N) is 6. The second-order valence-corrected chi connectivity index (χ2v) is 21.6. The van der Waals surface area contributed by atoms with Crippen LogP contribution >= 0.6 is 0 Å². The maximum absolute atomic E-state index is 9.92. The molecule has 0 amide bonds. The largest absolute Gasteiger partial charge is 0.309 e. The van der Waals surface area contributed by atoms with Gasteiger partial charge in [0.25, 0.3) is 0 Å². The van der Waals surface area contributed by atoms with Crippen molar-refractivity contribution < 1.29 is 0 Å². The zero-order valence-corrected chi connectivity index (χ0v) is 39.9. The molecule has 336 valence electrons. The summed E-state index contributed by atoms with van der Waals surface area (Å²) in [7, 11) is -2.95. The van der Waals surface area contributed by atoms with Gasteiger partial charge in [0.2, 0.25) is 0 Å². The minimum Gasteiger partial charge on any atom is -0.309 e. The fourth-order valence-electron chi connectivity index (χ4n) is 10.4. The number of para-hydroxylation sites is 1. The lowest BCUT2D eigenvalue weighted by Gasteiger charge is -2.34. The van der Waals surface area contributed by atoms with Gasteiger partial charge in [-0.1, -0.05) is 206 Å². The third kappa shape index (κ3) is 7.73. The lowest BCUT2D eigenvalue weighted by molar-refractivity contribution is 1.07. The van der Waals surface area contributed by atoms with Crippen LogP contribution in [0.5, 0.6) is 0 Å². The molecule has 0 atom stereocenters. The first kappa shape index (κ1) is 43.5. The van der Waals surface area contributed by atoms with Crippen molar-refractivity contribution in [3.63, 3.8) is 0 Å². The van der Waals surface area contributed by atoms with Crippen LogP contribution in [0.1, 0.15) is 11.1 Å². The molecule has 0 aliphatic rings. The fourth-order valence-corrected chi connectivity index (χ4v) is 15.2. The lowest BCUT2D eigenvalue weighted by atomic mass is 9.97. The van der Waals surface area contributed by atoms with E-state index in [-0.39, 0.29) is 0 Å². The summed E-state index contributed by atoms with van der Waals surface area (Å²) in [4.78, 5) is 15.7. The van der Waals surface area contributed by atoms with Crippen molar-refractivity contribution in [1.82, 2.24) is 19.5 Å². The van der Waals surface area contributed by atoms with Gasteiger partial charge in [0.1, 0.15) is 0 Å². The van der Waals surface area contributed by atoms with Crippen LogP contribution in [0, 0.1) is 22.7 Å². The number of benzene rings is 10. The topological polar surface area (TPSA) is 91.2 Å². The summed E-state index contributed by atoms with van der Waals surface area (Å²) in [5.74, 6) is 1.73. The summed E-state index contributed by atoms with van der Waals surface area (Å²) >= 11 is 0. The van der Waals surface area contributed by atoms with E-state index in [1.54, 1.807) is 6.07 Å².